The summed E-state index contributed by atoms with van der Waals surface area (Å²) in [6, 6.07) is 0. The van der Waals surface area contributed by atoms with Gasteiger partial charge < -0.3 is 4.74 Å². The van der Waals surface area contributed by atoms with E-state index >= 15 is 0 Å². The fraction of sp³-hybridized carbons (Fsp3) is 0.867. The summed E-state index contributed by atoms with van der Waals surface area (Å²) < 4.78 is 5.23. The van der Waals surface area contributed by atoms with Crippen LogP contribution < -0.4 is 0 Å². The minimum absolute atomic E-state index is 0.902. The van der Waals surface area contributed by atoms with Crippen molar-refractivity contribution in [3.63, 3.8) is 0 Å². The number of hydrogen-bond acceptors (Lipinski definition) is 1. The molecule has 1 nitrogen and oxygen atoms in total. The molecule has 0 amide bonds. The van der Waals surface area contributed by atoms with Gasteiger partial charge >= 0.3 is 0 Å². The van der Waals surface area contributed by atoms with Gasteiger partial charge in [0.1, 0.15) is 0 Å². The minimum Gasteiger partial charge on any atom is -0.384 e. The van der Waals surface area contributed by atoms with Crippen LogP contribution in [0.3, 0.4) is 0 Å². The van der Waals surface area contributed by atoms with Gasteiger partial charge in [0.2, 0.25) is 0 Å². The first-order valence-corrected chi connectivity index (χ1v) is 6.96. The van der Waals surface area contributed by atoms with E-state index in [4.69, 9.17) is 4.74 Å². The number of ether oxygens (including phenoxy) is 1. The zero-order chi connectivity index (χ0) is 11.4. The van der Waals surface area contributed by atoms with Crippen molar-refractivity contribution in [1.29, 1.82) is 0 Å². The molecule has 2 radical (unpaired) electrons. The van der Waals surface area contributed by atoms with Crippen molar-refractivity contribution < 1.29 is 4.74 Å². The monoisotopic (exact) mass is 222 g/mol. The first-order valence-electron chi connectivity index (χ1n) is 6.96. The molecule has 0 N–H and O–H groups in total. The van der Waals surface area contributed by atoms with Crippen molar-refractivity contribution in [2.24, 2.45) is 11.8 Å². The third-order valence-electron chi connectivity index (χ3n) is 4.54. The highest BCUT2D eigenvalue weighted by atomic mass is 16.5. The normalized spacial score (nSPS) is 27.4. The van der Waals surface area contributed by atoms with E-state index in [1.54, 1.807) is 5.92 Å². The predicted molar refractivity (Wildman–Crippen MR) is 68.0 cm³/mol. The van der Waals surface area contributed by atoms with Crippen molar-refractivity contribution >= 4 is 0 Å². The average Bonchev–Trinajstić information content (AvgIpc) is 2.32. The molecule has 0 unspecified atom stereocenters. The third-order valence-corrected chi connectivity index (χ3v) is 4.54. The van der Waals surface area contributed by atoms with Gasteiger partial charge in [0.25, 0.3) is 0 Å². The second-order valence-electron chi connectivity index (χ2n) is 5.80. The first kappa shape index (κ1) is 12.4. The molecule has 16 heavy (non-hydrogen) atoms. The van der Waals surface area contributed by atoms with Crippen molar-refractivity contribution in [2.75, 3.05) is 13.7 Å². The Kier molecular flexibility index (Phi) is 4.69. The van der Waals surface area contributed by atoms with Gasteiger partial charge in [-0.1, -0.05) is 19.8 Å². The van der Waals surface area contributed by atoms with Crippen LogP contribution >= 0.6 is 0 Å². The molecule has 0 aromatic heterocycles. The lowest BCUT2D eigenvalue weighted by molar-refractivity contribution is 0.186. The molecule has 0 aromatic carbocycles. The molecular weight excluding hydrogens is 196 g/mol. The molecule has 0 saturated heterocycles. The summed E-state index contributed by atoms with van der Waals surface area (Å²) in [6.45, 7) is 3.31. The fourth-order valence-corrected chi connectivity index (χ4v) is 3.32. The van der Waals surface area contributed by atoms with Crippen LogP contribution in [0.5, 0.6) is 0 Å². The molecule has 2 aliphatic rings. The Balaban J connectivity index is 1.72. The Morgan fingerprint density at radius 3 is 2.19 bits per heavy atom. The van der Waals surface area contributed by atoms with Crippen LogP contribution in [-0.2, 0) is 4.74 Å². The second kappa shape index (κ2) is 6.05. The Bertz CT molecular complexity index is 186. The van der Waals surface area contributed by atoms with Crippen LogP contribution in [0.1, 0.15) is 58.3 Å². The zero-order valence-electron chi connectivity index (χ0n) is 10.9. The summed E-state index contributed by atoms with van der Waals surface area (Å²) in [6.07, 6.45) is 11.2. The fourth-order valence-electron chi connectivity index (χ4n) is 3.32. The van der Waals surface area contributed by atoms with E-state index in [9.17, 15) is 0 Å². The van der Waals surface area contributed by atoms with Crippen molar-refractivity contribution in [1.82, 2.24) is 0 Å². The largest absolute Gasteiger partial charge is 0.384 e. The van der Waals surface area contributed by atoms with Gasteiger partial charge in [-0.15, -0.1) is 0 Å². The van der Waals surface area contributed by atoms with Gasteiger partial charge in [0, 0.05) is 13.0 Å². The molecule has 0 bridgehead atoms. The SMILES string of the molecule is COC[C]1CCC([C]2CCC(C)CC2)CC1. The van der Waals surface area contributed by atoms with Crippen molar-refractivity contribution in [3.05, 3.63) is 11.8 Å². The summed E-state index contributed by atoms with van der Waals surface area (Å²) in [5.74, 6) is 5.47. The molecule has 2 fully saturated rings. The smallest absolute Gasteiger partial charge is 0.0524 e. The number of methoxy groups -OCH3 is 1. The zero-order valence-corrected chi connectivity index (χ0v) is 10.9. The lowest BCUT2D eigenvalue weighted by Crippen LogP contribution is -2.24. The topological polar surface area (TPSA) is 9.23 Å². The highest BCUT2D eigenvalue weighted by Crippen LogP contribution is 2.42. The van der Waals surface area contributed by atoms with Crippen molar-refractivity contribution in [2.45, 2.75) is 58.3 Å². The molecule has 0 heterocycles. The molecule has 2 aliphatic carbocycles. The van der Waals surface area contributed by atoms with E-state index in [1.807, 2.05) is 13.0 Å². The van der Waals surface area contributed by atoms with Gasteiger partial charge in [0.05, 0.1) is 6.61 Å². The van der Waals surface area contributed by atoms with E-state index in [0.717, 1.165) is 18.4 Å². The molecule has 92 valence electrons. The van der Waals surface area contributed by atoms with Gasteiger partial charge in [-0.05, 0) is 56.3 Å². The predicted octanol–water partition coefficient (Wildman–Crippen LogP) is 4.18. The van der Waals surface area contributed by atoms with Crippen LogP contribution in [0.25, 0.3) is 0 Å². The lowest BCUT2D eigenvalue weighted by atomic mass is 9.69. The van der Waals surface area contributed by atoms with Crippen molar-refractivity contribution in [3.8, 4) is 0 Å². The van der Waals surface area contributed by atoms with Crippen LogP contribution in [0.15, 0.2) is 0 Å². The first-order chi connectivity index (χ1) is 7.79. The maximum Gasteiger partial charge on any atom is 0.0524 e. The van der Waals surface area contributed by atoms with Crippen LogP contribution in [0.2, 0.25) is 0 Å². The standard InChI is InChI=1S/C15H26O/c1-12-3-7-14(8-4-12)15-9-5-13(6-10-15)11-16-2/h12,15H,3-11H2,1-2H3. The molecule has 2 rings (SSSR count). The molecule has 1 heteroatoms. The maximum absolute atomic E-state index is 5.23. The molecule has 2 saturated carbocycles. The van der Waals surface area contributed by atoms with Crippen LogP contribution in [-0.4, -0.2) is 13.7 Å². The summed E-state index contributed by atoms with van der Waals surface area (Å²) in [5.41, 5.74) is 0. The Hall–Kier alpha value is -0.0400. The van der Waals surface area contributed by atoms with Gasteiger partial charge in [-0.25, -0.2) is 0 Å². The third kappa shape index (κ3) is 3.23. The highest BCUT2D eigenvalue weighted by Gasteiger charge is 2.30. The molecular formula is C15H26O. The Morgan fingerprint density at radius 2 is 1.62 bits per heavy atom. The summed E-state index contributed by atoms with van der Waals surface area (Å²) >= 11 is 0. The van der Waals surface area contributed by atoms with Gasteiger partial charge in [-0.3, -0.25) is 0 Å². The lowest BCUT2D eigenvalue weighted by Gasteiger charge is -2.36. The van der Waals surface area contributed by atoms with E-state index in [0.29, 0.717) is 0 Å². The maximum atomic E-state index is 5.23. The Morgan fingerprint density at radius 1 is 1.00 bits per heavy atom. The van der Waals surface area contributed by atoms with Gasteiger partial charge in [-0.2, -0.15) is 0 Å². The van der Waals surface area contributed by atoms with E-state index in [2.05, 4.69) is 6.92 Å². The average molecular weight is 222 g/mol. The quantitative estimate of drug-likeness (QED) is 0.696. The van der Waals surface area contributed by atoms with Crippen LogP contribution in [0, 0.1) is 23.7 Å². The molecule has 0 spiro atoms. The van der Waals surface area contributed by atoms with E-state index in [1.165, 1.54) is 51.4 Å². The molecule has 0 aliphatic heterocycles. The van der Waals surface area contributed by atoms with E-state index < -0.39 is 0 Å². The molecule has 0 atom stereocenters. The summed E-state index contributed by atoms with van der Waals surface area (Å²) in [7, 11) is 1.82. The van der Waals surface area contributed by atoms with Gasteiger partial charge in [0.15, 0.2) is 0 Å². The minimum atomic E-state index is 0.902. The molecule has 0 aromatic rings. The Labute approximate surface area is 101 Å². The highest BCUT2D eigenvalue weighted by molar-refractivity contribution is 5.05. The second-order valence-corrected chi connectivity index (χ2v) is 5.80. The van der Waals surface area contributed by atoms with E-state index in [-0.39, 0.29) is 0 Å². The number of hydrogen-bond donors (Lipinski definition) is 0. The number of rotatable bonds is 3. The summed E-state index contributed by atoms with van der Waals surface area (Å²) in [4.78, 5) is 0. The summed E-state index contributed by atoms with van der Waals surface area (Å²) in [5, 5.41) is 0. The van der Waals surface area contributed by atoms with Crippen LogP contribution in [0.4, 0.5) is 0 Å².